The highest BCUT2D eigenvalue weighted by Gasteiger charge is 2.34. The van der Waals surface area contributed by atoms with E-state index in [9.17, 15) is 9.90 Å². The summed E-state index contributed by atoms with van der Waals surface area (Å²) in [6, 6.07) is 9.81. The van der Waals surface area contributed by atoms with E-state index in [0.717, 1.165) is 12.0 Å². The van der Waals surface area contributed by atoms with Crippen LogP contribution in [0, 0.1) is 5.92 Å². The molecule has 1 fully saturated rings. The lowest BCUT2D eigenvalue weighted by molar-refractivity contribution is 0.142. The number of benzene rings is 1. The van der Waals surface area contributed by atoms with E-state index in [4.69, 9.17) is 0 Å². The van der Waals surface area contributed by atoms with Crippen LogP contribution < -0.4 is 5.32 Å². The fourth-order valence-corrected chi connectivity index (χ4v) is 3.35. The van der Waals surface area contributed by atoms with Crippen LogP contribution in [-0.4, -0.2) is 45.0 Å². The Morgan fingerprint density at radius 2 is 2.16 bits per heavy atom. The van der Waals surface area contributed by atoms with E-state index in [-0.39, 0.29) is 24.7 Å². The topological polar surface area (TPSA) is 70.4 Å². The van der Waals surface area contributed by atoms with Gasteiger partial charge in [-0.25, -0.2) is 4.79 Å². The molecule has 0 aliphatic carbocycles. The Labute approximate surface area is 148 Å². The minimum Gasteiger partial charge on any atom is -0.394 e. The van der Waals surface area contributed by atoms with E-state index < -0.39 is 0 Å². The molecule has 0 saturated carbocycles. The number of nitrogens with one attached hydrogen (secondary N) is 1. The summed E-state index contributed by atoms with van der Waals surface area (Å²) in [4.78, 5) is 14.3. The van der Waals surface area contributed by atoms with Gasteiger partial charge in [0.1, 0.15) is 0 Å². The number of aliphatic hydroxyl groups is 1. The number of likely N-dealkylation sites (tertiary alicyclic amines) is 1. The van der Waals surface area contributed by atoms with Crippen molar-refractivity contribution in [3.63, 3.8) is 0 Å². The number of amides is 2. The summed E-state index contributed by atoms with van der Waals surface area (Å²) < 4.78 is 1.88. The van der Waals surface area contributed by atoms with E-state index in [0.29, 0.717) is 19.0 Å². The fraction of sp³-hybridized carbons (Fsp3) is 0.474. The molecular weight excluding hydrogens is 316 g/mol. The van der Waals surface area contributed by atoms with Gasteiger partial charge in [-0.1, -0.05) is 37.3 Å². The number of urea groups is 1. The third-order valence-corrected chi connectivity index (χ3v) is 5.01. The van der Waals surface area contributed by atoms with Crippen molar-refractivity contribution in [3.8, 4) is 0 Å². The summed E-state index contributed by atoms with van der Waals surface area (Å²) in [5.41, 5.74) is 2.16. The molecule has 0 unspecified atom stereocenters. The molecule has 2 N–H and O–H groups in total. The van der Waals surface area contributed by atoms with Crippen molar-refractivity contribution < 1.29 is 9.90 Å². The molecule has 1 aliphatic rings. The first kappa shape index (κ1) is 17.5. The van der Waals surface area contributed by atoms with Gasteiger partial charge in [-0.2, -0.15) is 5.10 Å². The number of aliphatic hydroxyl groups excluding tert-OH is 1. The van der Waals surface area contributed by atoms with E-state index in [1.54, 1.807) is 11.1 Å². The minimum atomic E-state index is -0.132. The van der Waals surface area contributed by atoms with Crippen LogP contribution in [0.25, 0.3) is 0 Å². The molecule has 1 saturated heterocycles. The van der Waals surface area contributed by atoms with Crippen molar-refractivity contribution in [1.29, 1.82) is 0 Å². The van der Waals surface area contributed by atoms with Gasteiger partial charge >= 0.3 is 6.03 Å². The Balaban J connectivity index is 1.60. The van der Waals surface area contributed by atoms with Crippen LogP contribution in [0.5, 0.6) is 0 Å². The second-order valence-electron chi connectivity index (χ2n) is 6.84. The van der Waals surface area contributed by atoms with Crippen LogP contribution in [0.2, 0.25) is 0 Å². The molecule has 6 heteroatoms. The summed E-state index contributed by atoms with van der Waals surface area (Å²) in [5, 5.41) is 16.9. The van der Waals surface area contributed by atoms with Gasteiger partial charge in [0.25, 0.3) is 0 Å². The minimum absolute atomic E-state index is 0.0119. The zero-order chi connectivity index (χ0) is 17.8. The van der Waals surface area contributed by atoms with E-state index in [1.807, 2.05) is 36.0 Å². The average molecular weight is 342 g/mol. The number of hydrogen-bond acceptors (Lipinski definition) is 3. The SMILES string of the molecule is C[C@H](NC(=O)N1CC[C@@H](C)[C@H]1CO)c1cnn(Cc2ccccc2)c1. The smallest absolute Gasteiger partial charge is 0.318 e. The van der Waals surface area contributed by atoms with Crippen molar-refractivity contribution in [2.24, 2.45) is 5.92 Å². The maximum absolute atomic E-state index is 12.5. The lowest BCUT2D eigenvalue weighted by Gasteiger charge is -2.27. The number of carbonyl (C=O) groups is 1. The van der Waals surface area contributed by atoms with E-state index in [1.165, 1.54) is 5.56 Å². The predicted molar refractivity (Wildman–Crippen MR) is 96.1 cm³/mol. The normalized spacial score (nSPS) is 21.3. The van der Waals surface area contributed by atoms with E-state index >= 15 is 0 Å². The van der Waals surface area contributed by atoms with Crippen molar-refractivity contribution in [2.75, 3.05) is 13.2 Å². The summed E-state index contributed by atoms with van der Waals surface area (Å²) in [6.07, 6.45) is 4.69. The molecule has 3 rings (SSSR count). The van der Waals surface area contributed by atoms with Gasteiger partial charge in [-0.15, -0.1) is 0 Å². The van der Waals surface area contributed by atoms with E-state index in [2.05, 4.69) is 29.5 Å². The number of carbonyl (C=O) groups excluding carboxylic acids is 1. The van der Waals surface area contributed by atoms with Crippen LogP contribution in [0.3, 0.4) is 0 Å². The second-order valence-corrected chi connectivity index (χ2v) is 6.84. The van der Waals surface area contributed by atoms with Gasteiger partial charge in [-0.05, 0) is 24.8 Å². The molecule has 1 aromatic carbocycles. The molecule has 0 spiro atoms. The van der Waals surface area contributed by atoms with Gasteiger partial charge in [0.15, 0.2) is 0 Å². The highest BCUT2D eigenvalue weighted by molar-refractivity contribution is 5.75. The van der Waals surface area contributed by atoms with Crippen molar-refractivity contribution in [2.45, 2.75) is 38.9 Å². The first-order valence-corrected chi connectivity index (χ1v) is 8.82. The van der Waals surface area contributed by atoms with Gasteiger partial charge in [0.2, 0.25) is 0 Å². The Hall–Kier alpha value is -2.34. The Morgan fingerprint density at radius 1 is 1.40 bits per heavy atom. The lowest BCUT2D eigenvalue weighted by atomic mass is 10.0. The van der Waals surface area contributed by atoms with Crippen molar-refractivity contribution in [3.05, 3.63) is 53.9 Å². The number of aromatic nitrogens is 2. The molecule has 6 nitrogen and oxygen atoms in total. The fourth-order valence-electron chi connectivity index (χ4n) is 3.35. The van der Waals surface area contributed by atoms with Gasteiger partial charge in [0.05, 0.1) is 31.4 Å². The molecule has 0 bridgehead atoms. The molecular formula is C19H26N4O2. The average Bonchev–Trinajstić information content (AvgIpc) is 3.22. The van der Waals surface area contributed by atoms with Crippen LogP contribution in [0.4, 0.5) is 4.79 Å². The predicted octanol–water partition coefficient (Wildman–Crippen LogP) is 2.40. The zero-order valence-electron chi connectivity index (χ0n) is 14.8. The first-order chi connectivity index (χ1) is 12.1. The molecule has 1 aliphatic heterocycles. The maximum atomic E-state index is 12.5. The van der Waals surface area contributed by atoms with Crippen molar-refractivity contribution >= 4 is 6.03 Å². The molecule has 25 heavy (non-hydrogen) atoms. The zero-order valence-corrected chi connectivity index (χ0v) is 14.8. The molecule has 3 atom stereocenters. The number of rotatable bonds is 5. The largest absolute Gasteiger partial charge is 0.394 e. The highest BCUT2D eigenvalue weighted by atomic mass is 16.3. The van der Waals surface area contributed by atoms with Gasteiger partial charge in [-0.3, -0.25) is 4.68 Å². The summed E-state index contributed by atoms with van der Waals surface area (Å²) >= 11 is 0. The van der Waals surface area contributed by atoms with Crippen LogP contribution in [0.15, 0.2) is 42.7 Å². The lowest BCUT2D eigenvalue weighted by Crippen LogP contribution is -2.46. The van der Waals surface area contributed by atoms with Crippen molar-refractivity contribution in [1.82, 2.24) is 20.0 Å². The summed E-state index contributed by atoms with van der Waals surface area (Å²) in [6.45, 7) is 5.44. The molecule has 1 aromatic heterocycles. The number of nitrogens with zero attached hydrogens (tertiary/aromatic N) is 3. The molecule has 0 radical (unpaired) electrons. The molecule has 2 amide bonds. The molecule has 2 heterocycles. The monoisotopic (exact) mass is 342 g/mol. The summed E-state index contributed by atoms with van der Waals surface area (Å²) in [7, 11) is 0. The van der Waals surface area contributed by atoms with Crippen LogP contribution in [0.1, 0.15) is 37.4 Å². The van der Waals surface area contributed by atoms with Gasteiger partial charge < -0.3 is 15.3 Å². The third-order valence-electron chi connectivity index (χ3n) is 5.01. The third kappa shape index (κ3) is 4.02. The van der Waals surface area contributed by atoms with Crippen LogP contribution >= 0.6 is 0 Å². The van der Waals surface area contributed by atoms with Gasteiger partial charge in [0, 0.05) is 18.3 Å². The Kier molecular flexibility index (Phi) is 5.38. The Morgan fingerprint density at radius 3 is 2.88 bits per heavy atom. The highest BCUT2D eigenvalue weighted by Crippen LogP contribution is 2.24. The molecule has 2 aromatic rings. The second kappa shape index (κ2) is 7.70. The number of hydrogen-bond donors (Lipinski definition) is 2. The Bertz CT molecular complexity index is 700. The standard InChI is InChI=1S/C19H26N4O2/c1-14-8-9-23(18(14)13-24)19(25)21-15(2)17-10-20-22(12-17)11-16-6-4-3-5-7-16/h3-7,10,12,14-15,18,24H,8-9,11,13H2,1-2H3,(H,21,25)/t14-,15+,18-/m1/s1. The quantitative estimate of drug-likeness (QED) is 0.876. The summed E-state index contributed by atoms with van der Waals surface area (Å²) in [5.74, 6) is 0.333. The molecule has 134 valence electrons. The first-order valence-electron chi connectivity index (χ1n) is 8.82. The maximum Gasteiger partial charge on any atom is 0.318 e. The van der Waals surface area contributed by atoms with Crippen LogP contribution in [-0.2, 0) is 6.54 Å².